The number of ether oxygens (including phenoxy) is 1. The van der Waals surface area contributed by atoms with Gasteiger partial charge in [-0.05, 0) is 36.1 Å². The largest absolute Gasteiger partial charge is 0.408 e. The van der Waals surface area contributed by atoms with Crippen LogP contribution in [-0.2, 0) is 11.2 Å². The van der Waals surface area contributed by atoms with Crippen LogP contribution in [0.3, 0.4) is 0 Å². The van der Waals surface area contributed by atoms with E-state index in [0.29, 0.717) is 12.2 Å². The molecule has 0 bridgehead atoms. The Morgan fingerprint density at radius 2 is 2.40 bits per heavy atom. The van der Waals surface area contributed by atoms with E-state index in [1.165, 1.54) is 11.1 Å². The Hall–Kier alpha value is -1.06. The summed E-state index contributed by atoms with van der Waals surface area (Å²) in [4.78, 5) is 5.34. The number of benzene rings is 1. The highest BCUT2D eigenvalue weighted by atomic mass is 16.6. The second-order valence-electron chi connectivity index (χ2n) is 4.12. The van der Waals surface area contributed by atoms with Gasteiger partial charge in [-0.3, -0.25) is 0 Å². The van der Waals surface area contributed by atoms with Crippen LogP contribution in [0.1, 0.15) is 30.6 Å². The van der Waals surface area contributed by atoms with E-state index < -0.39 is 0 Å². The van der Waals surface area contributed by atoms with Gasteiger partial charge in [0.05, 0.1) is 6.10 Å². The Kier molecular flexibility index (Phi) is 2.15. The average Bonchev–Trinajstić information content (AvgIpc) is 3.08. The molecule has 1 fully saturated rings. The summed E-state index contributed by atoms with van der Waals surface area (Å²) in [6.45, 7) is 3.05. The number of fused-ring (bicyclic) bond motifs is 1. The van der Waals surface area contributed by atoms with Gasteiger partial charge in [0.15, 0.2) is 0 Å². The molecular weight excluding hydrogens is 190 g/mol. The molecule has 3 heteroatoms. The predicted molar refractivity (Wildman–Crippen MR) is 56.7 cm³/mol. The fraction of sp³-hybridized carbons (Fsp3) is 0.500. The SMILES string of the molecule is CCC1OC1c1ccc2c(c1)CCNO2. The van der Waals surface area contributed by atoms with Crippen molar-refractivity contribution in [3.8, 4) is 5.75 Å². The molecule has 0 radical (unpaired) electrons. The van der Waals surface area contributed by atoms with Crippen LogP contribution in [0.25, 0.3) is 0 Å². The van der Waals surface area contributed by atoms with Crippen LogP contribution in [0.15, 0.2) is 18.2 Å². The number of rotatable bonds is 2. The maximum atomic E-state index is 5.59. The van der Waals surface area contributed by atoms with Crippen LogP contribution >= 0.6 is 0 Å². The first kappa shape index (κ1) is 9.19. The van der Waals surface area contributed by atoms with Crippen LogP contribution in [0.5, 0.6) is 5.75 Å². The first-order valence-corrected chi connectivity index (χ1v) is 5.56. The molecule has 15 heavy (non-hydrogen) atoms. The van der Waals surface area contributed by atoms with Crippen molar-refractivity contribution in [1.29, 1.82) is 0 Å². The molecule has 2 aliphatic heterocycles. The van der Waals surface area contributed by atoms with Gasteiger partial charge in [0, 0.05) is 6.54 Å². The topological polar surface area (TPSA) is 33.8 Å². The Morgan fingerprint density at radius 1 is 1.47 bits per heavy atom. The van der Waals surface area contributed by atoms with Gasteiger partial charge in [0.25, 0.3) is 0 Å². The van der Waals surface area contributed by atoms with Crippen molar-refractivity contribution in [1.82, 2.24) is 5.48 Å². The third-order valence-electron chi connectivity index (χ3n) is 3.08. The number of hydroxylamine groups is 1. The molecule has 0 spiro atoms. The first-order valence-electron chi connectivity index (χ1n) is 5.56. The predicted octanol–water partition coefficient (Wildman–Crippen LogP) is 1.98. The maximum Gasteiger partial charge on any atom is 0.150 e. The van der Waals surface area contributed by atoms with E-state index in [-0.39, 0.29) is 0 Å². The molecule has 2 atom stereocenters. The van der Waals surface area contributed by atoms with Gasteiger partial charge >= 0.3 is 0 Å². The molecule has 80 valence electrons. The lowest BCUT2D eigenvalue weighted by molar-refractivity contribution is 0.179. The van der Waals surface area contributed by atoms with Crippen molar-refractivity contribution >= 4 is 0 Å². The zero-order valence-corrected chi connectivity index (χ0v) is 8.82. The molecule has 0 amide bonds. The molecule has 0 aromatic heterocycles. The molecule has 2 heterocycles. The van der Waals surface area contributed by atoms with Gasteiger partial charge in [0.2, 0.25) is 0 Å². The number of hydrogen-bond acceptors (Lipinski definition) is 3. The summed E-state index contributed by atoms with van der Waals surface area (Å²) in [5, 5.41) is 0. The van der Waals surface area contributed by atoms with Crippen molar-refractivity contribution in [2.24, 2.45) is 0 Å². The molecule has 1 aromatic carbocycles. The summed E-state index contributed by atoms with van der Waals surface area (Å²) >= 11 is 0. The summed E-state index contributed by atoms with van der Waals surface area (Å²) in [6, 6.07) is 6.36. The molecule has 1 aromatic rings. The number of epoxide rings is 1. The van der Waals surface area contributed by atoms with Crippen LogP contribution in [0, 0.1) is 0 Å². The van der Waals surface area contributed by atoms with Crippen molar-refractivity contribution in [2.75, 3.05) is 6.54 Å². The quantitative estimate of drug-likeness (QED) is 0.749. The molecule has 2 aliphatic rings. The van der Waals surface area contributed by atoms with Crippen LogP contribution in [0.4, 0.5) is 0 Å². The monoisotopic (exact) mass is 205 g/mol. The molecule has 3 nitrogen and oxygen atoms in total. The van der Waals surface area contributed by atoms with Crippen molar-refractivity contribution in [3.63, 3.8) is 0 Å². The van der Waals surface area contributed by atoms with E-state index in [1.54, 1.807) is 0 Å². The van der Waals surface area contributed by atoms with Gasteiger partial charge < -0.3 is 9.57 Å². The minimum atomic E-state index is 0.329. The van der Waals surface area contributed by atoms with Gasteiger partial charge in [-0.1, -0.05) is 13.0 Å². The smallest absolute Gasteiger partial charge is 0.150 e. The summed E-state index contributed by atoms with van der Waals surface area (Å²) in [5.41, 5.74) is 5.48. The second kappa shape index (κ2) is 3.51. The van der Waals surface area contributed by atoms with Crippen molar-refractivity contribution in [3.05, 3.63) is 29.3 Å². The average molecular weight is 205 g/mol. The van der Waals surface area contributed by atoms with Gasteiger partial charge in [-0.25, -0.2) is 0 Å². The van der Waals surface area contributed by atoms with E-state index >= 15 is 0 Å². The molecule has 3 rings (SSSR count). The van der Waals surface area contributed by atoms with Crippen molar-refractivity contribution < 1.29 is 9.57 Å². The fourth-order valence-electron chi connectivity index (χ4n) is 2.13. The van der Waals surface area contributed by atoms with E-state index in [1.807, 2.05) is 6.07 Å². The third-order valence-corrected chi connectivity index (χ3v) is 3.08. The lowest BCUT2D eigenvalue weighted by Crippen LogP contribution is -2.26. The van der Waals surface area contributed by atoms with Gasteiger partial charge in [0.1, 0.15) is 11.9 Å². The highest BCUT2D eigenvalue weighted by molar-refractivity contribution is 5.40. The molecule has 2 unspecified atom stereocenters. The molecule has 1 saturated heterocycles. The molecule has 0 aliphatic carbocycles. The van der Waals surface area contributed by atoms with Gasteiger partial charge in [-0.2, -0.15) is 5.48 Å². The van der Waals surface area contributed by atoms with Crippen molar-refractivity contribution in [2.45, 2.75) is 32.0 Å². The summed E-state index contributed by atoms with van der Waals surface area (Å²) in [6.07, 6.45) is 2.90. The van der Waals surface area contributed by atoms with E-state index in [0.717, 1.165) is 25.1 Å². The second-order valence-corrected chi connectivity index (χ2v) is 4.12. The lowest BCUT2D eigenvalue weighted by atomic mass is 10.0. The zero-order valence-electron chi connectivity index (χ0n) is 8.82. The van der Waals surface area contributed by atoms with Gasteiger partial charge in [-0.15, -0.1) is 0 Å². The Bertz CT molecular complexity index is 378. The molecule has 0 saturated carbocycles. The minimum Gasteiger partial charge on any atom is -0.408 e. The van der Waals surface area contributed by atoms with Crippen LogP contribution < -0.4 is 10.3 Å². The maximum absolute atomic E-state index is 5.59. The molecule has 1 N–H and O–H groups in total. The highest BCUT2D eigenvalue weighted by Crippen LogP contribution is 2.41. The minimum absolute atomic E-state index is 0.329. The Balaban J connectivity index is 1.85. The zero-order chi connectivity index (χ0) is 10.3. The summed E-state index contributed by atoms with van der Waals surface area (Å²) < 4.78 is 5.59. The summed E-state index contributed by atoms with van der Waals surface area (Å²) in [7, 11) is 0. The van der Waals surface area contributed by atoms with Crippen LogP contribution in [0.2, 0.25) is 0 Å². The highest BCUT2D eigenvalue weighted by Gasteiger charge is 2.38. The Morgan fingerprint density at radius 3 is 3.20 bits per heavy atom. The summed E-state index contributed by atoms with van der Waals surface area (Å²) in [5.74, 6) is 0.957. The normalized spacial score (nSPS) is 28.1. The molecular formula is C12H15NO2. The van der Waals surface area contributed by atoms with E-state index in [9.17, 15) is 0 Å². The standard InChI is InChI=1S/C12H15NO2/c1-2-10-12(14-10)9-3-4-11-8(7-9)5-6-13-15-11/h3-4,7,10,12-13H,2,5-6H2,1H3. The van der Waals surface area contributed by atoms with E-state index in [2.05, 4.69) is 24.5 Å². The lowest BCUT2D eigenvalue weighted by Gasteiger charge is -2.17. The number of nitrogens with one attached hydrogen (secondary N) is 1. The van der Waals surface area contributed by atoms with E-state index in [4.69, 9.17) is 9.57 Å². The first-order chi connectivity index (χ1) is 7.38. The third kappa shape index (κ3) is 1.62. The Labute approximate surface area is 89.3 Å². The number of hydrogen-bond donors (Lipinski definition) is 1. The fourth-order valence-corrected chi connectivity index (χ4v) is 2.13. The van der Waals surface area contributed by atoms with Crippen LogP contribution in [-0.4, -0.2) is 12.6 Å².